The number of hydrazine groups is 1. The molecule has 0 aromatic heterocycles. The zero-order chi connectivity index (χ0) is 33.8. The second-order valence-electron chi connectivity index (χ2n) is 10.2. The van der Waals surface area contributed by atoms with Crippen LogP contribution in [0.15, 0.2) is 66.7 Å². The Hall–Kier alpha value is -4.85. The van der Waals surface area contributed by atoms with Crippen LogP contribution in [0.5, 0.6) is 11.5 Å². The smallest absolute Gasteiger partial charge is 0.344 e. The van der Waals surface area contributed by atoms with E-state index in [1.165, 1.54) is 12.1 Å². The van der Waals surface area contributed by atoms with E-state index in [0.29, 0.717) is 22.7 Å². The number of cyclic esters (lactones) is 1. The quantitative estimate of drug-likeness (QED) is 0.138. The number of ether oxygens (including phenoxy) is 7. The lowest BCUT2D eigenvalue weighted by molar-refractivity contribution is -0.207. The minimum Gasteiger partial charge on any atom is -0.496 e. The van der Waals surface area contributed by atoms with Crippen LogP contribution in [0.2, 0.25) is 0 Å². The van der Waals surface area contributed by atoms with Crippen LogP contribution in [0.1, 0.15) is 42.3 Å². The van der Waals surface area contributed by atoms with E-state index in [1.807, 2.05) is 30.3 Å². The van der Waals surface area contributed by atoms with Crippen molar-refractivity contribution in [1.29, 1.82) is 0 Å². The average Bonchev–Trinajstić information content (AvgIpc) is 3.08. The molecule has 3 aromatic rings. The standard InChI is InChI=1S/C34H41N3O10/c1-5-42-28(38)21-45-25-16-14-24(15-17-25)36-37-30-23(19-26(35)32(39)47-31(37)34(43-6-2)44-7-3)13-18-27(41-4)29(30)33(40)46-20-22-11-9-8-10-12-22/h8-18,26,31,34,36H,5-7,19-21,35H2,1-4H3. The van der Waals surface area contributed by atoms with Gasteiger partial charge in [0.15, 0.2) is 6.61 Å². The lowest BCUT2D eigenvalue weighted by Crippen LogP contribution is -2.55. The molecule has 0 radical (unpaired) electrons. The van der Waals surface area contributed by atoms with Crippen LogP contribution in [-0.2, 0) is 46.3 Å². The maximum atomic E-state index is 13.9. The van der Waals surface area contributed by atoms with Crippen molar-refractivity contribution in [3.05, 3.63) is 83.4 Å². The fourth-order valence-electron chi connectivity index (χ4n) is 4.87. The molecule has 13 heteroatoms. The van der Waals surface area contributed by atoms with Gasteiger partial charge in [0.2, 0.25) is 12.5 Å². The SMILES string of the molecule is CCOC(=O)COc1ccc(NN2c3c(ccc(OC)c3C(=O)OCc3ccccc3)CC(N)C(=O)OC2C(OCC)OCC)cc1. The van der Waals surface area contributed by atoms with Gasteiger partial charge in [-0.25, -0.2) is 14.6 Å². The lowest BCUT2D eigenvalue weighted by Gasteiger charge is -2.41. The first-order chi connectivity index (χ1) is 22.8. The Bertz CT molecular complexity index is 1480. The molecule has 0 aliphatic carbocycles. The van der Waals surface area contributed by atoms with E-state index in [9.17, 15) is 14.4 Å². The molecular formula is C34H41N3O10. The number of benzene rings is 3. The van der Waals surface area contributed by atoms with E-state index in [0.717, 1.165) is 5.56 Å². The van der Waals surface area contributed by atoms with Crippen LogP contribution in [0.3, 0.4) is 0 Å². The highest BCUT2D eigenvalue weighted by atomic mass is 16.7. The van der Waals surface area contributed by atoms with E-state index in [-0.39, 0.29) is 50.8 Å². The number of rotatable bonds is 15. The predicted octanol–water partition coefficient (Wildman–Crippen LogP) is 3.98. The number of hydrogen-bond donors (Lipinski definition) is 2. The third-order valence-corrected chi connectivity index (χ3v) is 7.00. The third-order valence-electron chi connectivity index (χ3n) is 7.00. The first kappa shape index (κ1) is 35.0. The highest BCUT2D eigenvalue weighted by Gasteiger charge is 2.41. The van der Waals surface area contributed by atoms with Crippen molar-refractivity contribution in [3.63, 3.8) is 0 Å². The van der Waals surface area contributed by atoms with Gasteiger partial charge in [-0.3, -0.25) is 10.2 Å². The molecule has 3 N–H and O–H groups in total. The molecule has 1 aliphatic heterocycles. The van der Waals surface area contributed by atoms with Crippen molar-refractivity contribution < 1.29 is 47.5 Å². The number of anilines is 2. The van der Waals surface area contributed by atoms with Crippen molar-refractivity contribution in [2.45, 2.75) is 52.4 Å². The van der Waals surface area contributed by atoms with E-state index in [4.69, 9.17) is 38.9 Å². The highest BCUT2D eigenvalue weighted by molar-refractivity contribution is 6.00. The maximum absolute atomic E-state index is 13.9. The second kappa shape index (κ2) is 17.2. The van der Waals surface area contributed by atoms with Crippen LogP contribution in [0, 0.1) is 0 Å². The molecule has 0 saturated carbocycles. The molecule has 0 saturated heterocycles. The van der Waals surface area contributed by atoms with Gasteiger partial charge in [-0.2, -0.15) is 0 Å². The molecule has 1 aliphatic rings. The summed E-state index contributed by atoms with van der Waals surface area (Å²) < 4.78 is 39.7. The molecule has 2 atom stereocenters. The van der Waals surface area contributed by atoms with Gasteiger partial charge in [0, 0.05) is 19.6 Å². The van der Waals surface area contributed by atoms with Crippen LogP contribution >= 0.6 is 0 Å². The lowest BCUT2D eigenvalue weighted by atomic mass is 9.98. The van der Waals surface area contributed by atoms with Gasteiger partial charge in [0.05, 0.1) is 25.1 Å². The Kier molecular flexibility index (Phi) is 12.8. The average molecular weight is 652 g/mol. The normalized spacial score (nSPS) is 16.0. The predicted molar refractivity (Wildman–Crippen MR) is 172 cm³/mol. The number of nitrogens with zero attached hydrogens (tertiary/aromatic N) is 1. The third kappa shape index (κ3) is 9.12. The molecule has 1 heterocycles. The molecule has 13 nitrogen and oxygen atoms in total. The molecule has 47 heavy (non-hydrogen) atoms. The topological polar surface area (TPSA) is 157 Å². The summed E-state index contributed by atoms with van der Waals surface area (Å²) in [7, 11) is 1.44. The number of fused-ring (bicyclic) bond motifs is 1. The molecule has 252 valence electrons. The Morgan fingerprint density at radius 2 is 1.66 bits per heavy atom. The number of nitrogens with one attached hydrogen (secondary N) is 1. The summed E-state index contributed by atoms with van der Waals surface area (Å²) in [6, 6.07) is 18.2. The number of nitrogens with two attached hydrogens (primary N) is 1. The zero-order valence-electron chi connectivity index (χ0n) is 26.9. The maximum Gasteiger partial charge on any atom is 0.344 e. The summed E-state index contributed by atoms with van der Waals surface area (Å²) in [5.41, 5.74) is 11.8. The Morgan fingerprint density at radius 3 is 2.30 bits per heavy atom. The Morgan fingerprint density at radius 1 is 0.957 bits per heavy atom. The van der Waals surface area contributed by atoms with Gasteiger partial charge in [0.25, 0.3) is 0 Å². The van der Waals surface area contributed by atoms with Gasteiger partial charge in [0.1, 0.15) is 29.7 Å². The molecule has 0 amide bonds. The van der Waals surface area contributed by atoms with E-state index >= 15 is 0 Å². The fraction of sp³-hybridized carbons (Fsp3) is 0.382. The summed E-state index contributed by atoms with van der Waals surface area (Å²) in [4.78, 5) is 38.9. The highest BCUT2D eigenvalue weighted by Crippen LogP contribution is 2.38. The second-order valence-corrected chi connectivity index (χ2v) is 10.2. The molecular weight excluding hydrogens is 610 g/mol. The van der Waals surface area contributed by atoms with E-state index < -0.39 is 36.5 Å². The van der Waals surface area contributed by atoms with Crippen molar-refractivity contribution >= 4 is 29.3 Å². The molecule has 0 bridgehead atoms. The van der Waals surface area contributed by atoms with E-state index in [2.05, 4.69) is 5.43 Å². The van der Waals surface area contributed by atoms with Gasteiger partial charge >= 0.3 is 17.9 Å². The van der Waals surface area contributed by atoms with Crippen LogP contribution in [-0.4, -0.2) is 70.0 Å². The molecule has 0 fully saturated rings. The molecule has 2 unspecified atom stereocenters. The molecule has 0 spiro atoms. The number of carbonyl (C=O) groups excluding carboxylic acids is 3. The van der Waals surface area contributed by atoms with Crippen LogP contribution in [0.4, 0.5) is 11.4 Å². The first-order valence-corrected chi connectivity index (χ1v) is 15.3. The van der Waals surface area contributed by atoms with Crippen molar-refractivity contribution in [2.75, 3.05) is 44.0 Å². The number of esters is 3. The number of methoxy groups -OCH3 is 1. The van der Waals surface area contributed by atoms with Crippen molar-refractivity contribution in [2.24, 2.45) is 5.73 Å². The molecule has 4 rings (SSSR count). The Labute approximate surface area is 273 Å². The monoisotopic (exact) mass is 651 g/mol. The summed E-state index contributed by atoms with van der Waals surface area (Å²) in [5, 5.41) is 1.49. The summed E-state index contributed by atoms with van der Waals surface area (Å²) in [5.74, 6) is -1.23. The summed E-state index contributed by atoms with van der Waals surface area (Å²) >= 11 is 0. The summed E-state index contributed by atoms with van der Waals surface area (Å²) in [6.45, 7) is 5.71. The van der Waals surface area contributed by atoms with Crippen LogP contribution < -0.4 is 25.6 Å². The van der Waals surface area contributed by atoms with Crippen molar-refractivity contribution in [1.82, 2.24) is 0 Å². The van der Waals surface area contributed by atoms with E-state index in [1.54, 1.807) is 57.2 Å². The Balaban J connectivity index is 1.81. The number of carbonyl (C=O) groups is 3. The fourth-order valence-corrected chi connectivity index (χ4v) is 4.87. The largest absolute Gasteiger partial charge is 0.496 e. The van der Waals surface area contributed by atoms with Gasteiger partial charge in [-0.15, -0.1) is 0 Å². The summed E-state index contributed by atoms with van der Waals surface area (Å²) in [6.07, 6.45) is -2.34. The minimum atomic E-state index is -1.28. The minimum absolute atomic E-state index is 0.00559. The van der Waals surface area contributed by atoms with Crippen LogP contribution in [0.25, 0.3) is 0 Å². The van der Waals surface area contributed by atoms with Gasteiger partial charge in [-0.05, 0) is 62.2 Å². The van der Waals surface area contributed by atoms with Gasteiger partial charge < -0.3 is 38.9 Å². The van der Waals surface area contributed by atoms with Gasteiger partial charge in [-0.1, -0.05) is 36.4 Å². The first-order valence-electron chi connectivity index (χ1n) is 15.3. The zero-order valence-corrected chi connectivity index (χ0v) is 26.9. The molecule has 3 aromatic carbocycles. The number of hydrogen-bond acceptors (Lipinski definition) is 13. The van der Waals surface area contributed by atoms with Crippen molar-refractivity contribution in [3.8, 4) is 11.5 Å².